The van der Waals surface area contributed by atoms with Gasteiger partial charge in [0, 0.05) is 16.8 Å². The minimum absolute atomic E-state index is 0.00602. The highest BCUT2D eigenvalue weighted by atomic mass is 35.5. The summed E-state index contributed by atoms with van der Waals surface area (Å²) >= 11 is 5.88. The van der Waals surface area contributed by atoms with E-state index in [9.17, 15) is 14.4 Å². The second-order valence-electron chi connectivity index (χ2n) is 7.41. The van der Waals surface area contributed by atoms with E-state index in [0.717, 1.165) is 25.7 Å². The lowest BCUT2D eigenvalue weighted by Gasteiger charge is -2.27. The fourth-order valence-electron chi connectivity index (χ4n) is 4.13. The van der Waals surface area contributed by atoms with E-state index in [1.165, 1.54) is 4.90 Å². The number of anilines is 2. The molecule has 4 amide bonds. The van der Waals surface area contributed by atoms with Gasteiger partial charge in [0.05, 0.1) is 12.1 Å². The summed E-state index contributed by atoms with van der Waals surface area (Å²) in [4.78, 5) is 41.8. The largest absolute Gasteiger partial charge is 0.332 e. The van der Waals surface area contributed by atoms with Gasteiger partial charge in [0.15, 0.2) is 0 Å². The lowest BCUT2D eigenvalue weighted by molar-refractivity contribution is -0.124. The number of para-hydroxylation sites is 1. The molecule has 0 unspecified atom stereocenters. The Kier molecular flexibility index (Phi) is 5.53. The summed E-state index contributed by atoms with van der Waals surface area (Å²) in [5.74, 6) is -0.657. The average Bonchev–Trinajstić information content (AvgIpc) is 3.31. The predicted octanol–water partition coefficient (Wildman–Crippen LogP) is 4.45. The Hall–Kier alpha value is -2.86. The van der Waals surface area contributed by atoms with Gasteiger partial charge in [-0.25, -0.2) is 9.69 Å². The zero-order chi connectivity index (χ0) is 20.4. The van der Waals surface area contributed by atoms with Crippen LogP contribution < -0.4 is 10.2 Å². The lowest BCUT2D eigenvalue weighted by Crippen LogP contribution is -2.43. The highest BCUT2D eigenvalue weighted by Crippen LogP contribution is 2.34. The standard InChI is InChI=1S/C22H22ClN3O3/c23-15-10-12-16(13-11-15)24-20(27)14-19-21(28)26(18-6-2-1-3-7-18)22(29)25(19)17-8-4-5-9-17/h1-3,6-7,10-13,17,19H,4-5,8-9,14H2,(H,24,27)/t19-/m1/s1. The fourth-order valence-corrected chi connectivity index (χ4v) is 4.25. The molecule has 6 nitrogen and oxygen atoms in total. The minimum Gasteiger partial charge on any atom is -0.326 e. The molecule has 4 rings (SSSR count). The molecule has 7 heteroatoms. The van der Waals surface area contributed by atoms with Gasteiger partial charge >= 0.3 is 6.03 Å². The van der Waals surface area contributed by atoms with Crippen LogP contribution in [0.25, 0.3) is 0 Å². The Morgan fingerprint density at radius 3 is 2.31 bits per heavy atom. The Bertz CT molecular complexity index is 911. The molecule has 1 heterocycles. The number of nitrogens with one attached hydrogen (secondary N) is 1. The van der Waals surface area contributed by atoms with Crippen molar-refractivity contribution in [1.29, 1.82) is 0 Å². The summed E-state index contributed by atoms with van der Waals surface area (Å²) < 4.78 is 0. The summed E-state index contributed by atoms with van der Waals surface area (Å²) in [7, 11) is 0. The Balaban J connectivity index is 1.56. The van der Waals surface area contributed by atoms with Gasteiger partial charge in [0.25, 0.3) is 5.91 Å². The number of hydrogen-bond donors (Lipinski definition) is 1. The molecule has 1 N–H and O–H groups in total. The number of rotatable bonds is 5. The van der Waals surface area contributed by atoms with Crippen LogP contribution in [0.5, 0.6) is 0 Å². The SMILES string of the molecule is O=C(C[C@@H]1C(=O)N(c2ccccc2)C(=O)N1C1CCCC1)Nc1ccc(Cl)cc1. The zero-order valence-corrected chi connectivity index (χ0v) is 16.6. The van der Waals surface area contributed by atoms with E-state index in [4.69, 9.17) is 11.6 Å². The Morgan fingerprint density at radius 2 is 1.66 bits per heavy atom. The van der Waals surface area contributed by atoms with Crippen LogP contribution in [0.2, 0.25) is 5.02 Å². The van der Waals surface area contributed by atoms with Gasteiger partial charge in [0.1, 0.15) is 6.04 Å². The normalized spacial score (nSPS) is 19.8. The van der Waals surface area contributed by atoms with Crippen molar-refractivity contribution in [2.45, 2.75) is 44.2 Å². The lowest BCUT2D eigenvalue weighted by atomic mass is 10.1. The molecular formula is C22H22ClN3O3. The highest BCUT2D eigenvalue weighted by Gasteiger charge is 2.49. The van der Waals surface area contributed by atoms with E-state index in [1.807, 2.05) is 6.07 Å². The van der Waals surface area contributed by atoms with Crippen molar-refractivity contribution in [1.82, 2.24) is 4.90 Å². The highest BCUT2D eigenvalue weighted by molar-refractivity contribution is 6.30. The molecule has 1 atom stereocenters. The van der Waals surface area contributed by atoms with Crippen molar-refractivity contribution in [3.8, 4) is 0 Å². The molecule has 0 bridgehead atoms. The first-order valence-electron chi connectivity index (χ1n) is 9.81. The summed E-state index contributed by atoms with van der Waals surface area (Å²) in [6.07, 6.45) is 3.69. The second kappa shape index (κ2) is 8.25. The average molecular weight is 412 g/mol. The number of halogens is 1. The molecular weight excluding hydrogens is 390 g/mol. The van der Waals surface area contributed by atoms with Gasteiger partial charge in [-0.1, -0.05) is 42.6 Å². The molecule has 2 aromatic carbocycles. The van der Waals surface area contributed by atoms with Crippen LogP contribution in [0.4, 0.5) is 16.2 Å². The topological polar surface area (TPSA) is 69.7 Å². The van der Waals surface area contributed by atoms with E-state index < -0.39 is 6.04 Å². The number of hydrogen-bond acceptors (Lipinski definition) is 3. The van der Waals surface area contributed by atoms with Crippen LogP contribution in [0.1, 0.15) is 32.1 Å². The van der Waals surface area contributed by atoms with Gasteiger partial charge in [-0.2, -0.15) is 0 Å². The van der Waals surface area contributed by atoms with Crippen LogP contribution in [0, 0.1) is 0 Å². The summed E-state index contributed by atoms with van der Waals surface area (Å²) in [6, 6.07) is 14.5. The van der Waals surface area contributed by atoms with E-state index in [0.29, 0.717) is 16.4 Å². The maximum atomic E-state index is 13.2. The first-order chi connectivity index (χ1) is 14.0. The van der Waals surface area contributed by atoms with Crippen LogP contribution in [0.15, 0.2) is 54.6 Å². The third-order valence-corrected chi connectivity index (χ3v) is 5.74. The number of carbonyl (C=O) groups excluding carboxylic acids is 3. The molecule has 1 saturated carbocycles. The summed E-state index contributed by atoms with van der Waals surface area (Å²) in [5.41, 5.74) is 1.13. The monoisotopic (exact) mass is 411 g/mol. The molecule has 0 aromatic heterocycles. The van der Waals surface area contributed by atoms with Crippen LogP contribution in [-0.2, 0) is 9.59 Å². The minimum atomic E-state index is -0.793. The first-order valence-corrected chi connectivity index (χ1v) is 10.2. The maximum absolute atomic E-state index is 13.2. The van der Waals surface area contributed by atoms with E-state index in [-0.39, 0.29) is 30.3 Å². The number of nitrogens with zero attached hydrogens (tertiary/aromatic N) is 2. The van der Waals surface area contributed by atoms with E-state index in [2.05, 4.69) is 5.32 Å². The number of carbonyl (C=O) groups is 3. The van der Waals surface area contributed by atoms with Crippen LogP contribution in [-0.4, -0.2) is 34.8 Å². The van der Waals surface area contributed by atoms with Crippen molar-refractivity contribution in [3.63, 3.8) is 0 Å². The fraction of sp³-hybridized carbons (Fsp3) is 0.318. The molecule has 0 radical (unpaired) electrons. The summed E-state index contributed by atoms with van der Waals surface area (Å²) in [5, 5.41) is 3.37. The van der Waals surface area contributed by atoms with Gasteiger partial charge in [-0.05, 0) is 49.2 Å². The molecule has 2 aliphatic rings. The third-order valence-electron chi connectivity index (χ3n) is 5.49. The second-order valence-corrected chi connectivity index (χ2v) is 7.85. The van der Waals surface area contributed by atoms with Gasteiger partial charge in [0.2, 0.25) is 5.91 Å². The number of amides is 4. The molecule has 1 aliphatic heterocycles. The number of imide groups is 1. The molecule has 1 aliphatic carbocycles. The van der Waals surface area contributed by atoms with Crippen LogP contribution >= 0.6 is 11.6 Å². The van der Waals surface area contributed by atoms with E-state index >= 15 is 0 Å². The van der Waals surface area contributed by atoms with Crippen molar-refractivity contribution in [3.05, 3.63) is 59.6 Å². The van der Waals surface area contributed by atoms with Gasteiger partial charge in [-0.15, -0.1) is 0 Å². The predicted molar refractivity (Wildman–Crippen MR) is 112 cm³/mol. The quantitative estimate of drug-likeness (QED) is 0.739. The molecule has 2 aromatic rings. The number of urea groups is 1. The van der Waals surface area contributed by atoms with E-state index in [1.54, 1.807) is 53.4 Å². The maximum Gasteiger partial charge on any atom is 0.332 e. The smallest absolute Gasteiger partial charge is 0.326 e. The molecule has 1 saturated heterocycles. The third kappa shape index (κ3) is 3.98. The Labute approximate surface area is 174 Å². The summed E-state index contributed by atoms with van der Waals surface area (Å²) in [6.45, 7) is 0. The molecule has 2 fully saturated rings. The van der Waals surface area contributed by atoms with Crippen molar-refractivity contribution in [2.75, 3.05) is 10.2 Å². The van der Waals surface area contributed by atoms with Crippen molar-refractivity contribution < 1.29 is 14.4 Å². The molecule has 29 heavy (non-hydrogen) atoms. The van der Waals surface area contributed by atoms with Crippen molar-refractivity contribution in [2.24, 2.45) is 0 Å². The molecule has 0 spiro atoms. The first kappa shape index (κ1) is 19.5. The number of benzene rings is 2. The van der Waals surface area contributed by atoms with Gasteiger partial charge < -0.3 is 10.2 Å². The molecule has 150 valence electrons. The Morgan fingerprint density at radius 1 is 1.00 bits per heavy atom. The van der Waals surface area contributed by atoms with Crippen LogP contribution in [0.3, 0.4) is 0 Å². The zero-order valence-electron chi connectivity index (χ0n) is 15.9. The van der Waals surface area contributed by atoms with Crippen molar-refractivity contribution >= 4 is 40.8 Å². The van der Waals surface area contributed by atoms with Gasteiger partial charge in [-0.3, -0.25) is 9.59 Å².